The number of hydrogen-bond acceptors (Lipinski definition) is 3. The van der Waals surface area contributed by atoms with Crippen molar-refractivity contribution in [2.24, 2.45) is 0 Å². The number of amides is 1. The first-order valence-corrected chi connectivity index (χ1v) is 9.88. The monoisotopic (exact) mass is 401 g/mol. The van der Waals surface area contributed by atoms with Gasteiger partial charge in [-0.15, -0.1) is 0 Å². The van der Waals surface area contributed by atoms with Crippen LogP contribution in [0.5, 0.6) is 0 Å². The van der Waals surface area contributed by atoms with Crippen LogP contribution in [0.2, 0.25) is 0 Å². The Kier molecular flexibility index (Phi) is 4.77. The summed E-state index contributed by atoms with van der Waals surface area (Å²) in [4.78, 5) is 15.2. The van der Waals surface area contributed by atoms with Crippen LogP contribution in [0.15, 0.2) is 72.9 Å². The molecule has 2 heterocycles. The molecule has 5 rings (SSSR count). The van der Waals surface area contributed by atoms with Gasteiger partial charge in [-0.05, 0) is 40.6 Å². The van der Waals surface area contributed by atoms with Crippen LogP contribution in [-0.4, -0.2) is 40.7 Å². The Morgan fingerprint density at radius 1 is 1.03 bits per heavy atom. The molecule has 0 saturated carbocycles. The molecule has 0 radical (unpaired) electrons. The highest BCUT2D eigenvalue weighted by Gasteiger charge is 2.27. The predicted molar refractivity (Wildman–Crippen MR) is 113 cm³/mol. The third kappa shape index (κ3) is 3.35. The highest BCUT2D eigenvalue weighted by atomic mass is 19.1. The number of benzene rings is 3. The molecular weight excluding hydrogens is 381 g/mol. The molecule has 5 nitrogen and oxygen atoms in total. The minimum Gasteiger partial charge on any atom is -0.370 e. The highest BCUT2D eigenvalue weighted by Crippen LogP contribution is 2.31. The second kappa shape index (κ2) is 7.72. The van der Waals surface area contributed by atoms with Gasteiger partial charge in [0, 0.05) is 23.9 Å². The fraction of sp³-hybridized carbons (Fsp3) is 0.167. The number of hydrogen-bond donors (Lipinski definition) is 1. The summed E-state index contributed by atoms with van der Waals surface area (Å²) in [5.74, 6) is -0.316. The molecule has 1 saturated heterocycles. The molecule has 30 heavy (non-hydrogen) atoms. The zero-order valence-corrected chi connectivity index (χ0v) is 16.2. The number of nitrogens with zero attached hydrogens (tertiary/aromatic N) is 2. The lowest BCUT2D eigenvalue weighted by molar-refractivity contribution is -0.0227. The summed E-state index contributed by atoms with van der Waals surface area (Å²) >= 11 is 0. The second-order valence-electron chi connectivity index (χ2n) is 7.34. The standard InChI is InChI=1S/C24H20FN3O2/c25-17-9-7-16(8-10-17)23-15-28(13-14-30-23)24(29)21-6-2-3-18-19(21)4-1-5-20(18)22-11-12-26-27-22/h1-12,23H,13-15H2,(H,26,27). The Bertz CT molecular complexity index is 1190. The fourth-order valence-corrected chi connectivity index (χ4v) is 4.02. The van der Waals surface area contributed by atoms with Gasteiger partial charge in [-0.3, -0.25) is 9.89 Å². The number of rotatable bonds is 3. The van der Waals surface area contributed by atoms with Crippen molar-refractivity contribution in [1.29, 1.82) is 0 Å². The van der Waals surface area contributed by atoms with E-state index in [4.69, 9.17) is 4.74 Å². The third-order valence-corrected chi connectivity index (χ3v) is 5.54. The number of ether oxygens (including phenoxy) is 1. The van der Waals surface area contributed by atoms with Gasteiger partial charge in [0.15, 0.2) is 0 Å². The van der Waals surface area contributed by atoms with Crippen LogP contribution in [-0.2, 0) is 4.74 Å². The Labute approximate surface area is 173 Å². The molecule has 1 amide bonds. The molecule has 1 N–H and O–H groups in total. The quantitative estimate of drug-likeness (QED) is 0.547. The van der Waals surface area contributed by atoms with Crippen LogP contribution in [0.3, 0.4) is 0 Å². The van der Waals surface area contributed by atoms with E-state index >= 15 is 0 Å². The number of carbonyl (C=O) groups is 1. The molecule has 0 spiro atoms. The van der Waals surface area contributed by atoms with E-state index in [0.29, 0.717) is 25.3 Å². The normalized spacial score (nSPS) is 16.7. The van der Waals surface area contributed by atoms with E-state index in [0.717, 1.165) is 27.6 Å². The summed E-state index contributed by atoms with van der Waals surface area (Å²) < 4.78 is 19.1. The lowest BCUT2D eigenvalue weighted by atomic mass is 9.97. The van der Waals surface area contributed by atoms with Crippen LogP contribution in [0, 0.1) is 5.82 Å². The van der Waals surface area contributed by atoms with E-state index < -0.39 is 0 Å². The van der Waals surface area contributed by atoms with E-state index in [1.54, 1.807) is 18.3 Å². The fourth-order valence-electron chi connectivity index (χ4n) is 4.02. The minimum atomic E-state index is -0.286. The molecule has 1 unspecified atom stereocenters. The van der Waals surface area contributed by atoms with Gasteiger partial charge < -0.3 is 9.64 Å². The molecule has 1 aromatic heterocycles. The third-order valence-electron chi connectivity index (χ3n) is 5.54. The molecule has 4 aromatic rings. The van der Waals surface area contributed by atoms with Crippen LogP contribution in [0.4, 0.5) is 4.39 Å². The minimum absolute atomic E-state index is 0.0298. The number of morpholine rings is 1. The number of H-pyrrole nitrogens is 1. The van der Waals surface area contributed by atoms with E-state index in [1.807, 2.05) is 47.4 Å². The Morgan fingerprint density at radius 2 is 1.83 bits per heavy atom. The predicted octanol–water partition coefficient (Wildman–Crippen LogP) is 4.58. The summed E-state index contributed by atoms with van der Waals surface area (Å²) in [6.07, 6.45) is 1.45. The van der Waals surface area contributed by atoms with Crippen molar-refractivity contribution < 1.29 is 13.9 Å². The SMILES string of the molecule is O=C(c1cccc2c(-c3ccn[nH]3)cccc12)N1CCOC(c2ccc(F)cc2)C1. The van der Waals surface area contributed by atoms with E-state index in [2.05, 4.69) is 10.2 Å². The zero-order valence-electron chi connectivity index (χ0n) is 16.2. The molecule has 6 heteroatoms. The first kappa shape index (κ1) is 18.5. The van der Waals surface area contributed by atoms with E-state index in [-0.39, 0.29) is 17.8 Å². The largest absolute Gasteiger partial charge is 0.370 e. The van der Waals surface area contributed by atoms with Crippen molar-refractivity contribution in [3.63, 3.8) is 0 Å². The van der Waals surface area contributed by atoms with Crippen molar-refractivity contribution >= 4 is 16.7 Å². The summed E-state index contributed by atoms with van der Waals surface area (Å²) in [5, 5.41) is 8.94. The van der Waals surface area contributed by atoms with Gasteiger partial charge in [0.2, 0.25) is 0 Å². The maximum absolute atomic E-state index is 13.4. The number of fused-ring (bicyclic) bond motifs is 1. The van der Waals surface area contributed by atoms with E-state index in [9.17, 15) is 9.18 Å². The van der Waals surface area contributed by atoms with Gasteiger partial charge in [-0.25, -0.2) is 4.39 Å². The topological polar surface area (TPSA) is 58.2 Å². The smallest absolute Gasteiger partial charge is 0.254 e. The molecule has 0 aliphatic carbocycles. The van der Waals surface area contributed by atoms with Crippen LogP contribution in [0.25, 0.3) is 22.0 Å². The van der Waals surface area contributed by atoms with Crippen molar-refractivity contribution in [2.75, 3.05) is 19.7 Å². The molecule has 150 valence electrons. The summed E-state index contributed by atoms with van der Waals surface area (Å²) in [5.41, 5.74) is 3.45. The van der Waals surface area contributed by atoms with Crippen LogP contribution >= 0.6 is 0 Å². The lowest BCUT2D eigenvalue weighted by Gasteiger charge is -2.33. The average molecular weight is 401 g/mol. The molecule has 1 aliphatic rings. The van der Waals surface area contributed by atoms with Crippen LogP contribution in [0.1, 0.15) is 22.0 Å². The molecule has 1 fully saturated rings. The number of halogens is 1. The Balaban J connectivity index is 1.47. The van der Waals surface area contributed by atoms with Crippen molar-refractivity contribution in [1.82, 2.24) is 15.1 Å². The average Bonchev–Trinajstić information content (AvgIpc) is 3.33. The van der Waals surface area contributed by atoms with Gasteiger partial charge in [-0.1, -0.05) is 42.5 Å². The molecular formula is C24H20FN3O2. The first-order chi connectivity index (χ1) is 14.7. The molecule has 0 bridgehead atoms. The highest BCUT2D eigenvalue weighted by molar-refractivity contribution is 6.10. The summed E-state index contributed by atoms with van der Waals surface area (Å²) in [7, 11) is 0. The first-order valence-electron chi connectivity index (χ1n) is 9.88. The van der Waals surface area contributed by atoms with Crippen molar-refractivity contribution in [2.45, 2.75) is 6.10 Å². The van der Waals surface area contributed by atoms with E-state index in [1.165, 1.54) is 12.1 Å². The number of aromatic amines is 1. The second-order valence-corrected chi connectivity index (χ2v) is 7.34. The molecule has 1 atom stereocenters. The summed E-state index contributed by atoms with van der Waals surface area (Å²) in [6, 6.07) is 19.9. The van der Waals surface area contributed by atoms with Gasteiger partial charge >= 0.3 is 0 Å². The Hall–Kier alpha value is -3.51. The Morgan fingerprint density at radius 3 is 2.63 bits per heavy atom. The number of carbonyl (C=O) groups excluding carboxylic acids is 1. The zero-order chi connectivity index (χ0) is 20.5. The van der Waals surface area contributed by atoms with Gasteiger partial charge in [0.25, 0.3) is 5.91 Å². The summed E-state index contributed by atoms with van der Waals surface area (Å²) in [6.45, 7) is 1.40. The molecule has 1 aliphatic heterocycles. The maximum atomic E-state index is 13.4. The lowest BCUT2D eigenvalue weighted by Crippen LogP contribution is -2.42. The number of aromatic nitrogens is 2. The number of nitrogens with one attached hydrogen (secondary N) is 1. The van der Waals surface area contributed by atoms with Gasteiger partial charge in [-0.2, -0.15) is 5.10 Å². The van der Waals surface area contributed by atoms with Crippen molar-refractivity contribution in [3.8, 4) is 11.3 Å². The van der Waals surface area contributed by atoms with Crippen LogP contribution < -0.4 is 0 Å². The maximum Gasteiger partial charge on any atom is 0.254 e. The van der Waals surface area contributed by atoms with Gasteiger partial charge in [0.1, 0.15) is 11.9 Å². The van der Waals surface area contributed by atoms with Crippen molar-refractivity contribution in [3.05, 3.63) is 89.9 Å². The molecule has 3 aromatic carbocycles. The van der Waals surface area contributed by atoms with Gasteiger partial charge in [0.05, 0.1) is 18.8 Å².